The molecule has 1 amide bonds. The van der Waals surface area contributed by atoms with Crippen LogP contribution in [0.5, 0.6) is 0 Å². The van der Waals surface area contributed by atoms with E-state index in [0.29, 0.717) is 5.56 Å². The van der Waals surface area contributed by atoms with Gasteiger partial charge in [0.1, 0.15) is 0 Å². The maximum Gasteiger partial charge on any atom is 0.339 e. The van der Waals surface area contributed by atoms with Crippen LogP contribution in [-0.4, -0.2) is 32.1 Å². The molecule has 5 heteroatoms. The average Bonchev–Trinajstić information content (AvgIpc) is 3.40. The van der Waals surface area contributed by atoms with Crippen molar-refractivity contribution in [1.29, 1.82) is 0 Å². The Labute approximate surface area is 137 Å². The van der Waals surface area contributed by atoms with Crippen molar-refractivity contribution in [3.8, 4) is 0 Å². The Balaban J connectivity index is 1.87. The summed E-state index contributed by atoms with van der Waals surface area (Å²) in [6.07, 6.45) is 6.65. The zero-order chi connectivity index (χ0) is 16.2. The van der Waals surface area contributed by atoms with E-state index in [9.17, 15) is 9.59 Å². The molecule has 0 atom stereocenters. The van der Waals surface area contributed by atoms with Crippen LogP contribution in [0, 0.1) is 5.92 Å². The molecular weight excluding hydrogens is 292 g/mol. The summed E-state index contributed by atoms with van der Waals surface area (Å²) in [6, 6.07) is 5.46. The molecule has 124 valence electrons. The molecule has 1 aliphatic carbocycles. The molecule has 1 saturated carbocycles. The van der Waals surface area contributed by atoms with E-state index >= 15 is 0 Å². The summed E-state index contributed by atoms with van der Waals surface area (Å²) in [5.41, 5.74) is 2.19. The van der Waals surface area contributed by atoms with Crippen LogP contribution in [0.3, 0.4) is 0 Å². The number of nitrogens with one attached hydrogen (secondary N) is 1. The number of amides is 1. The van der Waals surface area contributed by atoms with Gasteiger partial charge in [-0.15, -0.1) is 0 Å². The molecule has 2 fully saturated rings. The molecule has 1 aromatic carbocycles. The lowest BCUT2D eigenvalue weighted by Gasteiger charge is -2.25. The average molecular weight is 316 g/mol. The van der Waals surface area contributed by atoms with Gasteiger partial charge in [-0.2, -0.15) is 0 Å². The second-order valence-electron chi connectivity index (χ2n) is 6.39. The molecule has 0 spiro atoms. The van der Waals surface area contributed by atoms with E-state index < -0.39 is 0 Å². The molecule has 23 heavy (non-hydrogen) atoms. The van der Waals surface area contributed by atoms with Gasteiger partial charge in [-0.3, -0.25) is 4.79 Å². The summed E-state index contributed by atoms with van der Waals surface area (Å²) in [6.45, 7) is 1.87. The molecular formula is C18H24N2O3. The van der Waals surface area contributed by atoms with E-state index in [4.69, 9.17) is 4.74 Å². The number of esters is 1. The Hall–Kier alpha value is -2.04. The van der Waals surface area contributed by atoms with Crippen LogP contribution in [0.1, 0.15) is 48.9 Å². The number of methoxy groups -OCH3 is 1. The van der Waals surface area contributed by atoms with Crippen LogP contribution in [-0.2, 0) is 9.53 Å². The predicted octanol–water partition coefficient (Wildman–Crippen LogP) is 3.20. The van der Waals surface area contributed by atoms with Crippen LogP contribution >= 0.6 is 0 Å². The van der Waals surface area contributed by atoms with E-state index in [-0.39, 0.29) is 17.8 Å². The Morgan fingerprint density at radius 2 is 1.83 bits per heavy atom. The second kappa shape index (κ2) is 7.02. The maximum atomic E-state index is 12.1. The number of hydrogen-bond acceptors (Lipinski definition) is 4. The second-order valence-corrected chi connectivity index (χ2v) is 6.39. The minimum absolute atomic E-state index is 0.0811. The summed E-state index contributed by atoms with van der Waals surface area (Å²) in [4.78, 5) is 26.3. The summed E-state index contributed by atoms with van der Waals surface area (Å²) in [5, 5.41) is 2.97. The quantitative estimate of drug-likeness (QED) is 0.867. The minimum Gasteiger partial charge on any atom is -0.465 e. The Morgan fingerprint density at radius 3 is 2.43 bits per heavy atom. The largest absolute Gasteiger partial charge is 0.465 e. The van der Waals surface area contributed by atoms with Gasteiger partial charge < -0.3 is 15.0 Å². The molecule has 3 rings (SSSR count). The Kier molecular flexibility index (Phi) is 4.84. The Morgan fingerprint density at radius 1 is 1.13 bits per heavy atom. The van der Waals surface area contributed by atoms with Gasteiger partial charge in [0.05, 0.1) is 18.4 Å². The van der Waals surface area contributed by atoms with Crippen molar-refractivity contribution >= 4 is 23.3 Å². The first kappa shape index (κ1) is 15.8. The topological polar surface area (TPSA) is 58.6 Å². The zero-order valence-corrected chi connectivity index (χ0v) is 13.6. The minimum atomic E-state index is -0.329. The van der Waals surface area contributed by atoms with Crippen LogP contribution in [0.15, 0.2) is 18.2 Å². The first-order valence-corrected chi connectivity index (χ1v) is 8.47. The van der Waals surface area contributed by atoms with Crippen molar-refractivity contribution in [2.75, 3.05) is 30.4 Å². The molecule has 1 aromatic rings. The summed E-state index contributed by atoms with van der Waals surface area (Å²) in [7, 11) is 1.40. The highest BCUT2D eigenvalue weighted by molar-refractivity contribution is 5.99. The third-order valence-electron chi connectivity index (χ3n) is 4.57. The van der Waals surface area contributed by atoms with Gasteiger partial charge in [-0.25, -0.2) is 4.79 Å². The van der Waals surface area contributed by atoms with Gasteiger partial charge in [0, 0.05) is 24.7 Å². The highest BCUT2D eigenvalue weighted by Crippen LogP contribution is 2.32. The molecule has 0 radical (unpaired) electrons. The van der Waals surface area contributed by atoms with Gasteiger partial charge in [0.2, 0.25) is 5.91 Å². The molecule has 2 aliphatic rings. The van der Waals surface area contributed by atoms with E-state index in [0.717, 1.165) is 50.1 Å². The third-order valence-corrected chi connectivity index (χ3v) is 4.57. The molecule has 1 N–H and O–H groups in total. The number of hydrogen-bond donors (Lipinski definition) is 1. The van der Waals surface area contributed by atoms with Gasteiger partial charge in [0.25, 0.3) is 0 Å². The van der Waals surface area contributed by atoms with E-state index in [2.05, 4.69) is 10.2 Å². The fourth-order valence-corrected chi connectivity index (χ4v) is 3.06. The summed E-state index contributed by atoms with van der Waals surface area (Å²) < 4.78 is 4.92. The lowest BCUT2D eigenvalue weighted by molar-refractivity contribution is -0.117. The highest BCUT2D eigenvalue weighted by atomic mass is 16.5. The van der Waals surface area contributed by atoms with Crippen molar-refractivity contribution in [3.63, 3.8) is 0 Å². The van der Waals surface area contributed by atoms with Crippen LogP contribution in [0.2, 0.25) is 0 Å². The molecule has 0 bridgehead atoms. The summed E-state index contributed by atoms with van der Waals surface area (Å²) >= 11 is 0. The number of rotatable bonds is 4. The standard InChI is InChI=1S/C18H24N2O3/c1-23-18(22)15-9-8-14(19-17(21)13-6-7-13)12-16(15)20-10-4-2-3-5-11-20/h8-9,12-13H,2-7,10-11H2,1H3,(H,19,21). The lowest BCUT2D eigenvalue weighted by atomic mass is 10.1. The third kappa shape index (κ3) is 3.84. The smallest absolute Gasteiger partial charge is 0.339 e. The first-order chi connectivity index (χ1) is 11.2. The van der Waals surface area contributed by atoms with Crippen LogP contribution in [0.25, 0.3) is 0 Å². The molecule has 0 unspecified atom stereocenters. The lowest BCUT2D eigenvalue weighted by Crippen LogP contribution is -2.26. The van der Waals surface area contributed by atoms with Crippen molar-refractivity contribution in [2.24, 2.45) is 5.92 Å². The van der Waals surface area contributed by atoms with Crippen molar-refractivity contribution in [2.45, 2.75) is 38.5 Å². The van der Waals surface area contributed by atoms with Crippen LogP contribution < -0.4 is 10.2 Å². The monoisotopic (exact) mass is 316 g/mol. The van der Waals surface area contributed by atoms with E-state index in [1.807, 2.05) is 6.07 Å². The predicted molar refractivity (Wildman–Crippen MR) is 89.8 cm³/mol. The Bertz CT molecular complexity index is 588. The van der Waals surface area contributed by atoms with E-state index in [1.54, 1.807) is 12.1 Å². The molecule has 1 saturated heterocycles. The zero-order valence-electron chi connectivity index (χ0n) is 13.6. The van der Waals surface area contributed by atoms with Crippen molar-refractivity contribution in [3.05, 3.63) is 23.8 Å². The number of carbonyl (C=O) groups is 2. The fourth-order valence-electron chi connectivity index (χ4n) is 3.06. The first-order valence-electron chi connectivity index (χ1n) is 8.47. The maximum absolute atomic E-state index is 12.1. The van der Waals surface area contributed by atoms with Crippen molar-refractivity contribution < 1.29 is 14.3 Å². The number of benzene rings is 1. The number of ether oxygens (including phenoxy) is 1. The molecule has 5 nitrogen and oxygen atoms in total. The van der Waals surface area contributed by atoms with Gasteiger partial charge in [-0.05, 0) is 43.9 Å². The van der Waals surface area contributed by atoms with Gasteiger partial charge >= 0.3 is 5.97 Å². The molecule has 1 aliphatic heterocycles. The van der Waals surface area contributed by atoms with Crippen molar-refractivity contribution in [1.82, 2.24) is 0 Å². The molecule has 1 heterocycles. The number of nitrogens with zero attached hydrogens (tertiary/aromatic N) is 1. The normalized spacial score (nSPS) is 18.2. The van der Waals surface area contributed by atoms with Gasteiger partial charge in [0.15, 0.2) is 0 Å². The summed E-state index contributed by atoms with van der Waals surface area (Å²) in [5.74, 6) is -0.0844. The van der Waals surface area contributed by atoms with E-state index in [1.165, 1.54) is 20.0 Å². The fraction of sp³-hybridized carbons (Fsp3) is 0.556. The number of carbonyl (C=O) groups excluding carboxylic acids is 2. The number of anilines is 2. The van der Waals surface area contributed by atoms with Gasteiger partial charge in [-0.1, -0.05) is 12.8 Å². The SMILES string of the molecule is COC(=O)c1ccc(NC(=O)C2CC2)cc1N1CCCCCC1. The van der Waals surface area contributed by atoms with Crippen LogP contribution in [0.4, 0.5) is 11.4 Å². The molecule has 0 aromatic heterocycles. The highest BCUT2D eigenvalue weighted by Gasteiger charge is 2.30.